The lowest BCUT2D eigenvalue weighted by atomic mass is 9.94. The van der Waals surface area contributed by atoms with Crippen molar-refractivity contribution in [3.05, 3.63) is 0 Å². The van der Waals surface area contributed by atoms with E-state index >= 15 is 0 Å². The monoisotopic (exact) mass is 130 g/mol. The summed E-state index contributed by atoms with van der Waals surface area (Å²) in [5.41, 5.74) is 0. The molecule has 0 aromatic carbocycles. The molecule has 0 spiro atoms. The van der Waals surface area contributed by atoms with E-state index in [0.717, 1.165) is 6.42 Å². The predicted molar refractivity (Wildman–Crippen MR) is 36.3 cm³/mol. The maximum atomic E-state index is 10.3. The van der Waals surface area contributed by atoms with E-state index in [2.05, 4.69) is 0 Å². The maximum Gasteiger partial charge on any atom is 0.306 e. The van der Waals surface area contributed by atoms with Crippen molar-refractivity contribution in [3.8, 4) is 0 Å². The molecule has 2 nitrogen and oxygen atoms in total. The molecule has 2 heteroatoms. The van der Waals surface area contributed by atoms with Crippen LogP contribution in [0.2, 0.25) is 0 Å². The second-order valence-electron chi connectivity index (χ2n) is 2.51. The van der Waals surface area contributed by atoms with Crippen molar-refractivity contribution in [2.24, 2.45) is 11.8 Å². The molecule has 0 saturated heterocycles. The Kier molecular flexibility index (Phi) is 3.28. The number of carboxylic acids is 1. The summed E-state index contributed by atoms with van der Waals surface area (Å²) >= 11 is 0. The second-order valence-corrected chi connectivity index (χ2v) is 2.51. The highest BCUT2D eigenvalue weighted by molar-refractivity contribution is 5.69. The summed E-state index contributed by atoms with van der Waals surface area (Å²) < 4.78 is 0. The Balaban J connectivity index is 3.72. The molecule has 0 aliphatic carbocycles. The van der Waals surface area contributed by atoms with Gasteiger partial charge in [0, 0.05) is 0 Å². The molecule has 0 aliphatic rings. The SMILES string of the molecule is CCC(C)C(C)C(=O)O. The van der Waals surface area contributed by atoms with Gasteiger partial charge in [-0.05, 0) is 5.92 Å². The van der Waals surface area contributed by atoms with Crippen molar-refractivity contribution in [1.82, 2.24) is 0 Å². The van der Waals surface area contributed by atoms with E-state index in [1.807, 2.05) is 13.8 Å². The van der Waals surface area contributed by atoms with Crippen molar-refractivity contribution in [2.75, 3.05) is 0 Å². The van der Waals surface area contributed by atoms with E-state index in [9.17, 15) is 4.79 Å². The van der Waals surface area contributed by atoms with Gasteiger partial charge in [-0.25, -0.2) is 0 Å². The summed E-state index contributed by atoms with van der Waals surface area (Å²) in [5.74, 6) is -0.596. The molecule has 0 bridgehead atoms. The Hall–Kier alpha value is -0.530. The number of hydrogen-bond donors (Lipinski definition) is 1. The van der Waals surface area contributed by atoms with Gasteiger partial charge in [-0.15, -0.1) is 0 Å². The van der Waals surface area contributed by atoms with Gasteiger partial charge in [0.25, 0.3) is 0 Å². The lowest BCUT2D eigenvalue weighted by Gasteiger charge is -2.11. The first kappa shape index (κ1) is 8.47. The first-order valence-corrected chi connectivity index (χ1v) is 3.32. The Morgan fingerprint density at radius 3 is 2.11 bits per heavy atom. The Morgan fingerprint density at radius 2 is 2.00 bits per heavy atom. The van der Waals surface area contributed by atoms with E-state index in [-0.39, 0.29) is 5.92 Å². The van der Waals surface area contributed by atoms with Crippen LogP contribution < -0.4 is 0 Å². The van der Waals surface area contributed by atoms with Crippen LogP contribution in [0.3, 0.4) is 0 Å². The van der Waals surface area contributed by atoms with Crippen LogP contribution in [-0.2, 0) is 4.79 Å². The summed E-state index contributed by atoms with van der Waals surface area (Å²) in [7, 11) is 0. The first-order chi connectivity index (χ1) is 4.09. The minimum atomic E-state index is -0.690. The smallest absolute Gasteiger partial charge is 0.306 e. The number of hydrogen-bond acceptors (Lipinski definition) is 1. The molecule has 0 aromatic rings. The van der Waals surface area contributed by atoms with Crippen molar-refractivity contribution in [2.45, 2.75) is 27.2 Å². The highest BCUT2D eigenvalue weighted by atomic mass is 16.4. The van der Waals surface area contributed by atoms with Gasteiger partial charge >= 0.3 is 5.97 Å². The standard InChI is InChI=1S/C7H14O2/c1-4-5(2)6(3)7(8)9/h5-6H,4H2,1-3H3,(H,8,9). The molecule has 0 heterocycles. The molecular formula is C7H14O2. The normalized spacial score (nSPS) is 16.8. The van der Waals surface area contributed by atoms with Crippen LogP contribution in [-0.4, -0.2) is 11.1 Å². The van der Waals surface area contributed by atoms with E-state index in [0.29, 0.717) is 5.92 Å². The zero-order valence-electron chi connectivity index (χ0n) is 6.22. The van der Waals surface area contributed by atoms with Crippen molar-refractivity contribution in [3.63, 3.8) is 0 Å². The maximum absolute atomic E-state index is 10.3. The van der Waals surface area contributed by atoms with E-state index < -0.39 is 5.97 Å². The Bertz CT molecular complexity index is 99.1. The quantitative estimate of drug-likeness (QED) is 0.632. The van der Waals surface area contributed by atoms with Gasteiger partial charge < -0.3 is 5.11 Å². The summed E-state index contributed by atoms with van der Waals surface area (Å²) in [4.78, 5) is 10.3. The lowest BCUT2D eigenvalue weighted by molar-refractivity contribution is -0.142. The largest absolute Gasteiger partial charge is 0.481 e. The second kappa shape index (κ2) is 3.49. The van der Waals surface area contributed by atoms with Gasteiger partial charge in [0.1, 0.15) is 0 Å². The van der Waals surface area contributed by atoms with Crippen LogP contribution in [0.25, 0.3) is 0 Å². The molecule has 0 saturated carbocycles. The van der Waals surface area contributed by atoms with Gasteiger partial charge in [0.15, 0.2) is 0 Å². The van der Waals surface area contributed by atoms with Gasteiger partial charge in [-0.3, -0.25) is 4.79 Å². The van der Waals surface area contributed by atoms with Crippen molar-refractivity contribution >= 4 is 5.97 Å². The zero-order chi connectivity index (χ0) is 7.44. The lowest BCUT2D eigenvalue weighted by Crippen LogP contribution is -2.17. The van der Waals surface area contributed by atoms with Crippen LogP contribution in [0.15, 0.2) is 0 Å². The van der Waals surface area contributed by atoms with Crippen molar-refractivity contribution in [1.29, 1.82) is 0 Å². The summed E-state index contributed by atoms with van der Waals surface area (Å²) in [6.07, 6.45) is 0.938. The molecule has 0 amide bonds. The highest BCUT2D eigenvalue weighted by Crippen LogP contribution is 2.13. The number of carbonyl (C=O) groups is 1. The zero-order valence-corrected chi connectivity index (χ0v) is 6.22. The van der Waals surface area contributed by atoms with Gasteiger partial charge in [0.2, 0.25) is 0 Å². The van der Waals surface area contributed by atoms with Crippen LogP contribution in [0.4, 0.5) is 0 Å². The number of rotatable bonds is 3. The van der Waals surface area contributed by atoms with Crippen LogP contribution >= 0.6 is 0 Å². The third-order valence-electron chi connectivity index (χ3n) is 1.89. The van der Waals surface area contributed by atoms with Crippen molar-refractivity contribution < 1.29 is 9.90 Å². The van der Waals surface area contributed by atoms with E-state index in [1.54, 1.807) is 6.92 Å². The van der Waals surface area contributed by atoms with Gasteiger partial charge in [-0.1, -0.05) is 27.2 Å². The van der Waals surface area contributed by atoms with Crippen LogP contribution in [0, 0.1) is 11.8 Å². The molecule has 54 valence electrons. The third kappa shape index (κ3) is 2.49. The predicted octanol–water partition coefficient (Wildman–Crippen LogP) is 1.75. The first-order valence-electron chi connectivity index (χ1n) is 3.32. The molecule has 0 aliphatic heterocycles. The molecule has 0 radical (unpaired) electrons. The molecule has 0 rings (SSSR count). The molecule has 9 heavy (non-hydrogen) atoms. The summed E-state index contributed by atoms with van der Waals surface area (Å²) in [5, 5.41) is 8.48. The minimum Gasteiger partial charge on any atom is -0.481 e. The average molecular weight is 130 g/mol. The molecule has 0 aromatic heterocycles. The number of aliphatic carboxylic acids is 1. The summed E-state index contributed by atoms with van der Waals surface area (Å²) in [6, 6.07) is 0. The topological polar surface area (TPSA) is 37.3 Å². The molecule has 2 unspecified atom stereocenters. The van der Waals surface area contributed by atoms with Crippen LogP contribution in [0.5, 0.6) is 0 Å². The Labute approximate surface area is 55.9 Å². The molecule has 0 fully saturated rings. The Morgan fingerprint density at radius 1 is 1.56 bits per heavy atom. The minimum absolute atomic E-state index is 0.199. The molecule has 2 atom stereocenters. The summed E-state index contributed by atoms with van der Waals surface area (Å²) in [6.45, 7) is 5.71. The fourth-order valence-corrected chi connectivity index (χ4v) is 0.597. The van der Waals surface area contributed by atoms with Crippen LogP contribution in [0.1, 0.15) is 27.2 Å². The fourth-order valence-electron chi connectivity index (χ4n) is 0.597. The number of carboxylic acid groups (broad SMARTS) is 1. The molecular weight excluding hydrogens is 116 g/mol. The van der Waals surface area contributed by atoms with Gasteiger partial charge in [-0.2, -0.15) is 0 Å². The van der Waals surface area contributed by atoms with E-state index in [4.69, 9.17) is 5.11 Å². The van der Waals surface area contributed by atoms with E-state index in [1.165, 1.54) is 0 Å². The average Bonchev–Trinajstić information content (AvgIpc) is 1.84. The highest BCUT2D eigenvalue weighted by Gasteiger charge is 2.16. The third-order valence-corrected chi connectivity index (χ3v) is 1.89. The molecule has 1 N–H and O–H groups in total. The van der Waals surface area contributed by atoms with Gasteiger partial charge in [0.05, 0.1) is 5.92 Å². The fraction of sp³-hybridized carbons (Fsp3) is 0.857.